The summed E-state index contributed by atoms with van der Waals surface area (Å²) in [6, 6.07) is 5.55. The van der Waals surface area contributed by atoms with Gasteiger partial charge in [0.2, 0.25) is 5.91 Å². The lowest BCUT2D eigenvalue weighted by Crippen LogP contribution is -2.22. The highest BCUT2D eigenvalue weighted by Gasteiger charge is 2.17. The second kappa shape index (κ2) is 7.70. The maximum absolute atomic E-state index is 12.6. The van der Waals surface area contributed by atoms with E-state index < -0.39 is 0 Å². The van der Waals surface area contributed by atoms with Crippen molar-refractivity contribution in [2.45, 2.75) is 33.9 Å². The number of carbonyl (C=O) groups is 1. The van der Waals surface area contributed by atoms with Crippen molar-refractivity contribution in [1.29, 1.82) is 0 Å². The summed E-state index contributed by atoms with van der Waals surface area (Å²) in [5, 5.41) is 11.7. The van der Waals surface area contributed by atoms with E-state index in [9.17, 15) is 4.79 Å². The molecule has 0 aliphatic rings. The molecule has 1 amide bonds. The lowest BCUT2D eigenvalue weighted by Gasteiger charge is -2.09. The molecule has 0 unspecified atom stereocenters. The van der Waals surface area contributed by atoms with Gasteiger partial charge in [-0.3, -0.25) is 9.48 Å². The van der Waals surface area contributed by atoms with E-state index >= 15 is 0 Å². The summed E-state index contributed by atoms with van der Waals surface area (Å²) in [6.45, 7) is 6.25. The van der Waals surface area contributed by atoms with Gasteiger partial charge >= 0.3 is 0 Å². The van der Waals surface area contributed by atoms with Crippen LogP contribution < -0.4 is 5.32 Å². The number of anilines is 1. The van der Waals surface area contributed by atoms with Gasteiger partial charge in [0.25, 0.3) is 0 Å². The Morgan fingerprint density at radius 3 is 2.62 bits per heavy atom. The minimum absolute atomic E-state index is 0.0887. The van der Waals surface area contributed by atoms with Gasteiger partial charge in [-0.05, 0) is 32.9 Å². The number of amides is 1. The molecule has 0 bridgehead atoms. The van der Waals surface area contributed by atoms with Gasteiger partial charge in [-0.1, -0.05) is 0 Å². The van der Waals surface area contributed by atoms with Crippen LogP contribution in [0.5, 0.6) is 0 Å². The Kier molecular flexibility index (Phi) is 4.94. The van der Waals surface area contributed by atoms with Gasteiger partial charge in [0.05, 0.1) is 11.9 Å². The van der Waals surface area contributed by atoms with Crippen LogP contribution in [0.4, 0.5) is 5.82 Å². The van der Waals surface area contributed by atoms with Crippen LogP contribution in [-0.2, 0) is 17.9 Å². The van der Waals surface area contributed by atoms with Crippen molar-refractivity contribution < 1.29 is 9.21 Å². The van der Waals surface area contributed by atoms with E-state index in [0.717, 1.165) is 34.0 Å². The second-order valence-electron chi connectivity index (χ2n) is 6.77. The van der Waals surface area contributed by atoms with Crippen molar-refractivity contribution in [1.82, 2.24) is 29.5 Å². The number of aromatic nitrogens is 6. The summed E-state index contributed by atoms with van der Waals surface area (Å²) in [7, 11) is 0. The molecule has 9 heteroatoms. The normalized spacial score (nSPS) is 11.0. The molecule has 29 heavy (non-hydrogen) atoms. The van der Waals surface area contributed by atoms with Gasteiger partial charge in [0.15, 0.2) is 0 Å². The van der Waals surface area contributed by atoms with Crippen molar-refractivity contribution in [2.24, 2.45) is 0 Å². The molecule has 0 atom stereocenters. The third-order valence-electron chi connectivity index (χ3n) is 4.61. The fraction of sp³-hybridized carbons (Fsp3) is 0.250. The number of furan rings is 1. The fourth-order valence-electron chi connectivity index (χ4n) is 3.30. The van der Waals surface area contributed by atoms with Crippen LogP contribution in [0.25, 0.3) is 11.1 Å². The van der Waals surface area contributed by atoms with Crippen LogP contribution in [0, 0.1) is 20.8 Å². The van der Waals surface area contributed by atoms with Crippen LogP contribution in [-0.4, -0.2) is 35.4 Å². The molecule has 0 aliphatic heterocycles. The van der Waals surface area contributed by atoms with Crippen molar-refractivity contribution in [3.63, 3.8) is 0 Å². The van der Waals surface area contributed by atoms with Crippen LogP contribution >= 0.6 is 0 Å². The smallest absolute Gasteiger partial charge is 0.247 e. The summed E-state index contributed by atoms with van der Waals surface area (Å²) >= 11 is 0. The van der Waals surface area contributed by atoms with E-state index in [1.165, 1.54) is 6.33 Å². The molecule has 4 heterocycles. The third kappa shape index (κ3) is 3.93. The van der Waals surface area contributed by atoms with Gasteiger partial charge in [0, 0.05) is 35.3 Å². The molecule has 4 aromatic heterocycles. The summed E-state index contributed by atoms with van der Waals surface area (Å²) in [5.41, 5.74) is 3.52. The Morgan fingerprint density at radius 2 is 1.90 bits per heavy atom. The molecular formula is C20H21N7O2. The zero-order valence-corrected chi connectivity index (χ0v) is 16.5. The molecule has 4 rings (SSSR count). The number of hydrogen-bond acceptors (Lipinski definition) is 6. The van der Waals surface area contributed by atoms with Crippen LogP contribution in [0.2, 0.25) is 0 Å². The first-order valence-electron chi connectivity index (χ1n) is 9.17. The number of nitrogens with one attached hydrogen (secondary N) is 1. The van der Waals surface area contributed by atoms with E-state index in [1.807, 2.05) is 32.9 Å². The van der Waals surface area contributed by atoms with E-state index in [4.69, 9.17) is 4.42 Å². The first-order valence-corrected chi connectivity index (χ1v) is 9.17. The van der Waals surface area contributed by atoms with Gasteiger partial charge < -0.3 is 9.73 Å². The molecule has 148 valence electrons. The summed E-state index contributed by atoms with van der Waals surface area (Å²) < 4.78 is 8.96. The number of rotatable bonds is 6. The molecule has 0 fully saturated rings. The molecule has 9 nitrogen and oxygen atoms in total. The predicted molar refractivity (Wildman–Crippen MR) is 106 cm³/mol. The summed E-state index contributed by atoms with van der Waals surface area (Å²) in [5.74, 6) is 2.02. The molecule has 0 aromatic carbocycles. The highest BCUT2D eigenvalue weighted by Crippen LogP contribution is 2.25. The van der Waals surface area contributed by atoms with E-state index in [0.29, 0.717) is 12.4 Å². The van der Waals surface area contributed by atoms with Gasteiger partial charge in [0.1, 0.15) is 36.8 Å². The van der Waals surface area contributed by atoms with Crippen molar-refractivity contribution in [3.8, 4) is 11.1 Å². The standard InChI is InChI=1S/C20H21N7O2/c1-13-4-5-17(29-13)10-27-18(6-7-23-27)24-19(28)11-26-15(3)20(14(2)25-26)16-8-21-12-22-9-16/h4-9,12H,10-11H2,1-3H3,(H,24,28). The topological polar surface area (TPSA) is 104 Å². The molecule has 0 aliphatic carbocycles. The summed E-state index contributed by atoms with van der Waals surface area (Å²) in [4.78, 5) is 20.8. The SMILES string of the molecule is Cc1ccc(Cn2nccc2NC(=O)Cn2nc(C)c(-c3cncnc3)c2C)o1. The minimum Gasteiger partial charge on any atom is -0.464 e. The Morgan fingerprint density at radius 1 is 1.10 bits per heavy atom. The average Bonchev–Trinajstić information content (AvgIpc) is 3.37. The van der Waals surface area contributed by atoms with Crippen LogP contribution in [0.15, 0.2) is 47.5 Å². The maximum Gasteiger partial charge on any atom is 0.247 e. The average molecular weight is 391 g/mol. The Hall–Kier alpha value is -3.75. The quantitative estimate of drug-likeness (QED) is 0.542. The Bertz CT molecular complexity index is 1140. The molecular weight excluding hydrogens is 370 g/mol. The lowest BCUT2D eigenvalue weighted by atomic mass is 10.1. The van der Waals surface area contributed by atoms with Crippen molar-refractivity contribution in [3.05, 3.63) is 66.0 Å². The van der Waals surface area contributed by atoms with Crippen LogP contribution in [0.3, 0.4) is 0 Å². The summed E-state index contributed by atoms with van der Waals surface area (Å²) in [6.07, 6.45) is 6.61. The number of aryl methyl sites for hydroxylation is 2. The maximum atomic E-state index is 12.6. The van der Waals surface area contributed by atoms with Crippen LogP contribution in [0.1, 0.15) is 22.9 Å². The van der Waals surface area contributed by atoms with Gasteiger partial charge in [-0.15, -0.1) is 0 Å². The molecule has 0 saturated carbocycles. The largest absolute Gasteiger partial charge is 0.464 e. The van der Waals surface area contributed by atoms with Gasteiger partial charge in [-0.2, -0.15) is 10.2 Å². The lowest BCUT2D eigenvalue weighted by molar-refractivity contribution is -0.117. The zero-order chi connectivity index (χ0) is 20.4. The first kappa shape index (κ1) is 18.6. The Labute approximate surface area is 167 Å². The second-order valence-corrected chi connectivity index (χ2v) is 6.77. The molecule has 4 aromatic rings. The number of nitrogens with zero attached hydrogens (tertiary/aromatic N) is 6. The third-order valence-corrected chi connectivity index (χ3v) is 4.61. The monoisotopic (exact) mass is 391 g/mol. The zero-order valence-electron chi connectivity index (χ0n) is 16.5. The van der Waals surface area contributed by atoms with E-state index in [-0.39, 0.29) is 12.5 Å². The van der Waals surface area contributed by atoms with E-state index in [1.54, 1.807) is 34.0 Å². The predicted octanol–water partition coefficient (Wildman–Crippen LogP) is 2.74. The highest BCUT2D eigenvalue weighted by atomic mass is 16.3. The van der Waals surface area contributed by atoms with Crippen molar-refractivity contribution >= 4 is 11.7 Å². The van der Waals surface area contributed by atoms with E-state index in [2.05, 4.69) is 25.5 Å². The molecule has 0 saturated heterocycles. The Balaban J connectivity index is 1.48. The van der Waals surface area contributed by atoms with Gasteiger partial charge in [-0.25, -0.2) is 14.6 Å². The molecule has 0 spiro atoms. The fourth-order valence-corrected chi connectivity index (χ4v) is 3.30. The molecule has 1 N–H and O–H groups in total. The number of carbonyl (C=O) groups excluding carboxylic acids is 1. The highest BCUT2D eigenvalue weighted by molar-refractivity contribution is 5.89. The minimum atomic E-state index is -0.191. The first-order chi connectivity index (χ1) is 14.0. The van der Waals surface area contributed by atoms with Crippen molar-refractivity contribution in [2.75, 3.05) is 5.32 Å². The molecule has 0 radical (unpaired) electrons. The number of hydrogen-bond donors (Lipinski definition) is 1.